The Bertz CT molecular complexity index is 1000. The number of hydrogen-bond acceptors (Lipinski definition) is 5. The van der Waals surface area contributed by atoms with Gasteiger partial charge in [-0.25, -0.2) is 0 Å². The molecule has 2 aromatic rings. The smallest absolute Gasteiger partial charge is 0.295 e. The minimum atomic E-state index is -0.809. The van der Waals surface area contributed by atoms with Gasteiger partial charge in [-0.05, 0) is 63.0 Å². The molecule has 6 nitrogen and oxygen atoms in total. The van der Waals surface area contributed by atoms with Crippen molar-refractivity contribution < 1.29 is 19.8 Å². The summed E-state index contributed by atoms with van der Waals surface area (Å²) in [4.78, 5) is 29.2. The Hall–Kier alpha value is -2.54. The fourth-order valence-corrected chi connectivity index (χ4v) is 3.80. The largest absolute Gasteiger partial charge is 0.507 e. The van der Waals surface area contributed by atoms with Crippen LogP contribution in [-0.2, 0) is 9.59 Å². The molecule has 1 saturated heterocycles. The number of likely N-dealkylation sites (tertiary alicyclic amines) is 1. The number of carbonyl (C=O) groups excluding carboxylic acids is 2. The molecular weight excluding hydrogens is 427 g/mol. The maximum atomic E-state index is 12.9. The van der Waals surface area contributed by atoms with Crippen LogP contribution in [0.3, 0.4) is 0 Å². The highest BCUT2D eigenvalue weighted by Gasteiger charge is 2.46. The number of rotatable bonds is 6. The average molecular weight is 449 g/mol. The highest BCUT2D eigenvalue weighted by molar-refractivity contribution is 6.46. The van der Waals surface area contributed by atoms with Gasteiger partial charge >= 0.3 is 0 Å². The van der Waals surface area contributed by atoms with Gasteiger partial charge in [0, 0.05) is 16.6 Å². The van der Waals surface area contributed by atoms with Gasteiger partial charge in [0.05, 0.1) is 17.2 Å². The van der Waals surface area contributed by atoms with Crippen molar-refractivity contribution in [3.8, 4) is 5.75 Å². The quantitative estimate of drug-likeness (QED) is 0.395. The molecule has 1 fully saturated rings. The number of aliphatic hydroxyl groups is 1. The van der Waals surface area contributed by atoms with E-state index in [-0.39, 0.29) is 21.9 Å². The van der Waals surface area contributed by atoms with Gasteiger partial charge in [0.2, 0.25) is 0 Å². The zero-order valence-electron chi connectivity index (χ0n) is 16.6. The van der Waals surface area contributed by atoms with Crippen molar-refractivity contribution in [3.63, 3.8) is 0 Å². The van der Waals surface area contributed by atoms with Crippen LogP contribution in [0.2, 0.25) is 10.0 Å². The third kappa shape index (κ3) is 4.46. The van der Waals surface area contributed by atoms with E-state index in [1.807, 2.05) is 19.0 Å². The van der Waals surface area contributed by atoms with Crippen molar-refractivity contribution in [2.75, 3.05) is 27.2 Å². The molecule has 158 valence electrons. The number of carbonyl (C=O) groups is 2. The van der Waals surface area contributed by atoms with E-state index in [1.54, 1.807) is 24.3 Å². The van der Waals surface area contributed by atoms with Crippen LogP contribution >= 0.6 is 23.2 Å². The second kappa shape index (κ2) is 9.08. The molecule has 8 heteroatoms. The van der Waals surface area contributed by atoms with Gasteiger partial charge in [0.15, 0.2) is 0 Å². The van der Waals surface area contributed by atoms with Crippen LogP contribution < -0.4 is 0 Å². The number of phenols is 1. The van der Waals surface area contributed by atoms with Crippen molar-refractivity contribution in [2.45, 2.75) is 12.5 Å². The van der Waals surface area contributed by atoms with E-state index < -0.39 is 23.5 Å². The number of aromatic hydroxyl groups is 1. The third-order valence-corrected chi connectivity index (χ3v) is 5.43. The van der Waals surface area contributed by atoms with E-state index in [9.17, 15) is 19.8 Å². The lowest BCUT2D eigenvalue weighted by molar-refractivity contribution is -0.139. The first-order valence-electron chi connectivity index (χ1n) is 9.38. The molecule has 1 aliphatic heterocycles. The van der Waals surface area contributed by atoms with Crippen LogP contribution in [0.25, 0.3) is 5.76 Å². The number of amides is 1. The SMILES string of the molecule is CN(C)CCCN1C(=O)C(=O)C(=C(O)c2cc(Cl)ccc2O)[C@@H]1c1ccc(Cl)cc1. The summed E-state index contributed by atoms with van der Waals surface area (Å²) in [6.07, 6.45) is 0.645. The number of phenolic OH excluding ortho intramolecular Hbond substituents is 1. The van der Waals surface area contributed by atoms with Crippen LogP contribution in [0.1, 0.15) is 23.6 Å². The number of aliphatic hydroxyl groups excluding tert-OH is 1. The molecule has 1 atom stereocenters. The molecule has 0 bridgehead atoms. The number of halogens is 2. The van der Waals surface area contributed by atoms with Gasteiger partial charge < -0.3 is 20.0 Å². The Morgan fingerprint density at radius 3 is 2.33 bits per heavy atom. The zero-order chi connectivity index (χ0) is 22.0. The van der Waals surface area contributed by atoms with Crippen molar-refractivity contribution in [1.29, 1.82) is 0 Å². The van der Waals surface area contributed by atoms with Gasteiger partial charge in [0.25, 0.3) is 11.7 Å². The Labute approximate surface area is 184 Å². The number of ketones is 1. The molecule has 1 amide bonds. The molecule has 0 saturated carbocycles. The van der Waals surface area contributed by atoms with E-state index in [0.29, 0.717) is 23.6 Å². The molecule has 2 aromatic carbocycles. The number of benzene rings is 2. The zero-order valence-corrected chi connectivity index (χ0v) is 18.1. The van der Waals surface area contributed by atoms with E-state index in [0.717, 1.165) is 6.54 Å². The Morgan fingerprint density at radius 1 is 1.07 bits per heavy atom. The monoisotopic (exact) mass is 448 g/mol. The summed E-state index contributed by atoms with van der Waals surface area (Å²) in [7, 11) is 3.85. The van der Waals surface area contributed by atoms with Gasteiger partial charge in [0.1, 0.15) is 11.5 Å². The van der Waals surface area contributed by atoms with Crippen LogP contribution in [0.4, 0.5) is 0 Å². The summed E-state index contributed by atoms with van der Waals surface area (Å²) in [6.45, 7) is 1.06. The van der Waals surface area contributed by atoms with E-state index >= 15 is 0 Å². The molecule has 30 heavy (non-hydrogen) atoms. The maximum Gasteiger partial charge on any atom is 0.295 e. The Kier molecular flexibility index (Phi) is 6.71. The van der Waals surface area contributed by atoms with Gasteiger partial charge in [-0.15, -0.1) is 0 Å². The minimum Gasteiger partial charge on any atom is -0.507 e. The highest BCUT2D eigenvalue weighted by Crippen LogP contribution is 2.41. The summed E-state index contributed by atoms with van der Waals surface area (Å²) >= 11 is 12.0. The van der Waals surface area contributed by atoms with Crippen LogP contribution in [0.15, 0.2) is 48.0 Å². The first-order valence-corrected chi connectivity index (χ1v) is 10.1. The molecule has 0 spiro atoms. The normalized spacial score (nSPS) is 18.4. The first kappa shape index (κ1) is 22.2. The van der Waals surface area contributed by atoms with Crippen molar-refractivity contribution in [3.05, 3.63) is 69.2 Å². The van der Waals surface area contributed by atoms with Gasteiger partial charge in [-0.3, -0.25) is 9.59 Å². The number of nitrogens with zero attached hydrogens (tertiary/aromatic N) is 2. The molecule has 0 unspecified atom stereocenters. The van der Waals surface area contributed by atoms with Crippen LogP contribution in [0, 0.1) is 0 Å². The summed E-state index contributed by atoms with van der Waals surface area (Å²) < 4.78 is 0. The fourth-order valence-electron chi connectivity index (χ4n) is 3.50. The van der Waals surface area contributed by atoms with Crippen molar-refractivity contribution in [1.82, 2.24) is 9.80 Å². The lowest BCUT2D eigenvalue weighted by Crippen LogP contribution is -2.32. The summed E-state index contributed by atoms with van der Waals surface area (Å²) in [5.74, 6) is -2.22. The average Bonchev–Trinajstić information content (AvgIpc) is 2.94. The lowest BCUT2D eigenvalue weighted by atomic mass is 9.95. The third-order valence-electron chi connectivity index (χ3n) is 4.94. The molecule has 3 rings (SSSR count). The molecule has 1 aliphatic rings. The lowest BCUT2D eigenvalue weighted by Gasteiger charge is -2.26. The first-order chi connectivity index (χ1) is 14.2. The van der Waals surface area contributed by atoms with E-state index in [2.05, 4.69) is 0 Å². The van der Waals surface area contributed by atoms with Crippen LogP contribution in [-0.4, -0.2) is 58.9 Å². The molecule has 0 aromatic heterocycles. The topological polar surface area (TPSA) is 81.1 Å². The summed E-state index contributed by atoms with van der Waals surface area (Å²) in [5.41, 5.74) is 0.531. The summed E-state index contributed by atoms with van der Waals surface area (Å²) in [5, 5.41) is 21.9. The van der Waals surface area contributed by atoms with Gasteiger partial charge in [-0.2, -0.15) is 0 Å². The van der Waals surface area contributed by atoms with Crippen molar-refractivity contribution >= 4 is 40.7 Å². The standard InChI is InChI=1S/C22H22Cl2N2O4/c1-25(2)10-3-11-26-19(13-4-6-14(23)7-5-13)18(21(29)22(26)30)20(28)16-12-15(24)8-9-17(16)27/h4-9,12,19,27-28H,3,10-11H2,1-2H3/t19-/m0/s1. The maximum absolute atomic E-state index is 12.9. The Morgan fingerprint density at radius 2 is 1.70 bits per heavy atom. The summed E-state index contributed by atoms with van der Waals surface area (Å²) in [6, 6.07) is 10.1. The predicted molar refractivity (Wildman–Crippen MR) is 117 cm³/mol. The van der Waals surface area contributed by atoms with E-state index in [1.165, 1.54) is 23.1 Å². The predicted octanol–water partition coefficient (Wildman–Crippen LogP) is 4.07. The molecule has 1 heterocycles. The second-order valence-electron chi connectivity index (χ2n) is 7.36. The van der Waals surface area contributed by atoms with Crippen molar-refractivity contribution in [2.24, 2.45) is 0 Å². The van der Waals surface area contributed by atoms with E-state index in [4.69, 9.17) is 23.2 Å². The Balaban J connectivity index is 2.13. The van der Waals surface area contributed by atoms with Crippen LogP contribution in [0.5, 0.6) is 5.75 Å². The molecule has 2 N–H and O–H groups in total. The van der Waals surface area contributed by atoms with Gasteiger partial charge in [-0.1, -0.05) is 35.3 Å². The fraction of sp³-hybridized carbons (Fsp3) is 0.273. The molecule has 0 radical (unpaired) electrons. The highest BCUT2D eigenvalue weighted by atomic mass is 35.5. The number of hydrogen-bond donors (Lipinski definition) is 2. The minimum absolute atomic E-state index is 0.00671. The second-order valence-corrected chi connectivity index (χ2v) is 8.24. The molecular formula is C22H22Cl2N2O4. The number of Topliss-reactive ketones (excluding diaryl/α,β-unsaturated/α-hetero) is 1. The molecule has 0 aliphatic carbocycles.